The Bertz CT molecular complexity index is 953. The summed E-state index contributed by atoms with van der Waals surface area (Å²) in [6.07, 6.45) is 0. The molecule has 3 rings (SSSR count). The van der Waals surface area contributed by atoms with E-state index in [9.17, 15) is 20.0 Å². The summed E-state index contributed by atoms with van der Waals surface area (Å²) in [5.41, 5.74) is 1.49. The highest BCUT2D eigenvalue weighted by Crippen LogP contribution is 2.35. The van der Waals surface area contributed by atoms with E-state index in [1.54, 1.807) is 24.3 Å². The minimum atomic E-state index is -1.16. The number of nitro benzene ring substituents is 1. The largest absolute Gasteiger partial charge is 0.488 e. The average molecular weight is 349 g/mol. The molecule has 130 valence electrons. The lowest BCUT2D eigenvalue weighted by atomic mass is 9.98. The highest BCUT2D eigenvalue weighted by molar-refractivity contribution is 5.97. The van der Waals surface area contributed by atoms with Crippen LogP contribution in [0.25, 0.3) is 11.1 Å². The number of aromatic carboxylic acids is 1. The van der Waals surface area contributed by atoms with Crippen LogP contribution in [0.4, 0.5) is 5.69 Å². The number of hydrogen-bond donors (Lipinski definition) is 1. The van der Waals surface area contributed by atoms with Gasteiger partial charge in [0.2, 0.25) is 0 Å². The van der Waals surface area contributed by atoms with Crippen molar-refractivity contribution in [2.24, 2.45) is 0 Å². The monoisotopic (exact) mass is 349 g/mol. The molecule has 0 amide bonds. The third kappa shape index (κ3) is 3.70. The predicted molar refractivity (Wildman–Crippen MR) is 96.3 cm³/mol. The summed E-state index contributed by atoms with van der Waals surface area (Å²) in [7, 11) is 0. The molecule has 6 nitrogen and oxygen atoms in total. The van der Waals surface area contributed by atoms with Gasteiger partial charge in [0.05, 0.1) is 10.5 Å². The minimum Gasteiger partial charge on any atom is -0.488 e. The topological polar surface area (TPSA) is 89.7 Å². The maximum Gasteiger partial charge on any atom is 0.336 e. The van der Waals surface area contributed by atoms with Crippen molar-refractivity contribution in [2.45, 2.75) is 6.61 Å². The molecule has 0 aliphatic carbocycles. The molecule has 0 saturated carbocycles. The Morgan fingerprint density at radius 3 is 2.35 bits per heavy atom. The van der Waals surface area contributed by atoms with Crippen molar-refractivity contribution in [2.75, 3.05) is 0 Å². The number of carboxylic acid groups (broad SMARTS) is 1. The van der Waals surface area contributed by atoms with Crippen LogP contribution in [-0.2, 0) is 6.61 Å². The van der Waals surface area contributed by atoms with E-state index in [4.69, 9.17) is 4.74 Å². The molecule has 0 atom stereocenters. The van der Waals surface area contributed by atoms with Crippen molar-refractivity contribution < 1.29 is 19.6 Å². The fourth-order valence-corrected chi connectivity index (χ4v) is 2.61. The molecule has 0 bridgehead atoms. The predicted octanol–water partition coefficient (Wildman–Crippen LogP) is 4.54. The molecule has 1 N–H and O–H groups in total. The van der Waals surface area contributed by atoms with Crippen LogP contribution in [0.2, 0.25) is 0 Å². The fraction of sp³-hybridized carbons (Fsp3) is 0.0500. The summed E-state index contributed by atoms with van der Waals surface area (Å²) in [6.45, 7) is 0.301. The molecular weight excluding hydrogens is 334 g/mol. The number of rotatable bonds is 6. The maximum absolute atomic E-state index is 11.6. The Morgan fingerprint density at radius 2 is 1.65 bits per heavy atom. The summed E-state index contributed by atoms with van der Waals surface area (Å²) in [5, 5.41) is 20.5. The van der Waals surface area contributed by atoms with Crippen LogP contribution >= 0.6 is 0 Å². The highest BCUT2D eigenvalue weighted by atomic mass is 16.6. The van der Waals surface area contributed by atoms with Gasteiger partial charge in [-0.15, -0.1) is 0 Å². The van der Waals surface area contributed by atoms with Crippen LogP contribution in [0.3, 0.4) is 0 Å². The first kappa shape index (κ1) is 17.2. The molecule has 0 radical (unpaired) electrons. The van der Waals surface area contributed by atoms with Gasteiger partial charge in [0.25, 0.3) is 5.69 Å². The van der Waals surface area contributed by atoms with Crippen LogP contribution < -0.4 is 4.74 Å². The Morgan fingerprint density at radius 1 is 0.962 bits per heavy atom. The number of ether oxygens (including phenoxy) is 1. The Hall–Kier alpha value is -3.67. The van der Waals surface area contributed by atoms with E-state index >= 15 is 0 Å². The number of benzene rings is 3. The molecule has 0 aliphatic rings. The first-order valence-electron chi connectivity index (χ1n) is 7.84. The van der Waals surface area contributed by atoms with Gasteiger partial charge in [-0.3, -0.25) is 10.1 Å². The summed E-state index contributed by atoms with van der Waals surface area (Å²) in [4.78, 5) is 22.1. The number of para-hydroxylation sites is 1. The van der Waals surface area contributed by atoms with E-state index in [0.717, 1.165) is 5.56 Å². The van der Waals surface area contributed by atoms with Crippen molar-refractivity contribution in [3.05, 3.63) is 94.0 Å². The first-order valence-corrected chi connectivity index (χ1v) is 7.84. The third-order valence-electron chi connectivity index (χ3n) is 3.86. The van der Waals surface area contributed by atoms with Crippen molar-refractivity contribution >= 4 is 11.7 Å². The summed E-state index contributed by atoms with van der Waals surface area (Å²) in [6, 6.07) is 20.1. The smallest absolute Gasteiger partial charge is 0.336 e. The number of hydrogen-bond acceptors (Lipinski definition) is 4. The van der Waals surface area contributed by atoms with Crippen molar-refractivity contribution in [1.29, 1.82) is 0 Å². The normalized spacial score (nSPS) is 10.3. The van der Waals surface area contributed by atoms with Crippen molar-refractivity contribution in [3.63, 3.8) is 0 Å². The molecule has 0 spiro atoms. The number of non-ortho nitro benzene ring substituents is 1. The second kappa shape index (κ2) is 7.48. The van der Waals surface area contributed by atoms with E-state index in [1.807, 2.05) is 30.3 Å². The van der Waals surface area contributed by atoms with E-state index in [0.29, 0.717) is 17.9 Å². The maximum atomic E-state index is 11.6. The molecular formula is C20H15NO5. The van der Waals surface area contributed by atoms with Gasteiger partial charge >= 0.3 is 5.97 Å². The molecule has 26 heavy (non-hydrogen) atoms. The molecule has 6 heteroatoms. The van der Waals surface area contributed by atoms with Crippen molar-refractivity contribution in [1.82, 2.24) is 0 Å². The summed E-state index contributed by atoms with van der Waals surface area (Å²) < 4.78 is 5.85. The average Bonchev–Trinajstić information content (AvgIpc) is 2.67. The molecule has 0 unspecified atom stereocenters. The lowest BCUT2D eigenvalue weighted by molar-refractivity contribution is -0.384. The molecule has 0 aliphatic heterocycles. The highest BCUT2D eigenvalue weighted by Gasteiger charge is 2.19. The van der Waals surface area contributed by atoms with Gasteiger partial charge in [0, 0.05) is 23.3 Å². The lowest BCUT2D eigenvalue weighted by Crippen LogP contribution is -2.03. The summed E-state index contributed by atoms with van der Waals surface area (Å²) >= 11 is 0. The van der Waals surface area contributed by atoms with Crippen LogP contribution in [-0.4, -0.2) is 16.0 Å². The number of nitrogens with zero attached hydrogens (tertiary/aromatic N) is 1. The molecule has 3 aromatic rings. The SMILES string of the molecule is O=C(O)c1ccc([N+](=O)[O-])cc1-c1ccccc1OCc1ccccc1. The molecule has 0 heterocycles. The zero-order valence-electron chi connectivity index (χ0n) is 13.7. The van der Waals surface area contributed by atoms with Gasteiger partial charge in [0.15, 0.2) is 0 Å². The zero-order chi connectivity index (χ0) is 18.5. The van der Waals surface area contributed by atoms with E-state index in [1.165, 1.54) is 18.2 Å². The third-order valence-corrected chi connectivity index (χ3v) is 3.86. The lowest BCUT2D eigenvalue weighted by Gasteiger charge is -2.13. The standard InChI is InChI=1S/C20H15NO5/c22-20(23)17-11-10-15(21(24)25)12-18(17)16-8-4-5-9-19(16)26-13-14-6-2-1-3-7-14/h1-12H,13H2,(H,22,23). The van der Waals surface area contributed by atoms with Crippen molar-refractivity contribution in [3.8, 4) is 16.9 Å². The van der Waals surface area contributed by atoms with Gasteiger partial charge in [-0.2, -0.15) is 0 Å². The number of carbonyl (C=O) groups is 1. The number of nitro groups is 1. The Labute approximate surface area is 149 Å². The van der Waals surface area contributed by atoms with E-state index in [2.05, 4.69) is 0 Å². The molecule has 0 fully saturated rings. The summed E-state index contributed by atoms with van der Waals surface area (Å²) in [5.74, 6) is -0.702. The molecule has 0 saturated heterocycles. The second-order valence-corrected chi connectivity index (χ2v) is 5.56. The van der Waals surface area contributed by atoms with Crippen LogP contribution in [0.1, 0.15) is 15.9 Å². The second-order valence-electron chi connectivity index (χ2n) is 5.56. The van der Waals surface area contributed by atoms with Crippen LogP contribution in [0.15, 0.2) is 72.8 Å². The molecule has 0 aromatic heterocycles. The van der Waals surface area contributed by atoms with Crippen LogP contribution in [0, 0.1) is 10.1 Å². The minimum absolute atomic E-state index is 0.0219. The Balaban J connectivity index is 2.03. The van der Waals surface area contributed by atoms with E-state index < -0.39 is 10.9 Å². The Kier molecular flexibility index (Phi) is 4.94. The van der Waals surface area contributed by atoms with Gasteiger partial charge in [-0.1, -0.05) is 48.5 Å². The van der Waals surface area contributed by atoms with Crippen LogP contribution in [0.5, 0.6) is 5.75 Å². The van der Waals surface area contributed by atoms with Gasteiger partial charge in [-0.25, -0.2) is 4.79 Å². The van der Waals surface area contributed by atoms with Gasteiger partial charge in [-0.05, 0) is 17.7 Å². The zero-order valence-corrected chi connectivity index (χ0v) is 13.7. The van der Waals surface area contributed by atoms with E-state index in [-0.39, 0.29) is 16.8 Å². The first-order chi connectivity index (χ1) is 12.6. The molecule has 3 aromatic carbocycles. The van der Waals surface area contributed by atoms with Gasteiger partial charge < -0.3 is 9.84 Å². The number of carboxylic acids is 1. The quantitative estimate of drug-likeness (QED) is 0.521. The van der Waals surface area contributed by atoms with Gasteiger partial charge in [0.1, 0.15) is 12.4 Å². The fourth-order valence-electron chi connectivity index (χ4n) is 2.61.